The van der Waals surface area contributed by atoms with E-state index in [2.05, 4.69) is 16.4 Å². The van der Waals surface area contributed by atoms with Gasteiger partial charge < -0.3 is 14.5 Å². The lowest BCUT2D eigenvalue weighted by atomic mass is 10.2. The van der Waals surface area contributed by atoms with Crippen LogP contribution in [0.2, 0.25) is 0 Å². The molecule has 1 fully saturated rings. The maximum absolute atomic E-state index is 5.70. The maximum atomic E-state index is 5.70. The molecule has 100 valence electrons. The molecule has 1 aliphatic carbocycles. The van der Waals surface area contributed by atoms with Gasteiger partial charge in [-0.2, -0.15) is 0 Å². The second kappa shape index (κ2) is 5.45. The van der Waals surface area contributed by atoms with Crippen LogP contribution >= 0.6 is 0 Å². The van der Waals surface area contributed by atoms with E-state index < -0.39 is 0 Å². The molecule has 2 heterocycles. The Bertz CT molecular complexity index is 532. The second-order valence-corrected chi connectivity index (χ2v) is 4.93. The first-order chi connectivity index (χ1) is 9.31. The summed E-state index contributed by atoms with van der Waals surface area (Å²) in [7, 11) is 0. The standard InChI is InChI=1S/C15H18N2O2/c1-11-12(8-17-13-4-5-13)7-15(19-11)10-18-14-3-2-6-16-9-14/h2-3,6-7,9,13,17H,4-5,8,10H2,1H3. The lowest BCUT2D eigenvalue weighted by Crippen LogP contribution is -2.15. The van der Waals surface area contributed by atoms with Crippen molar-refractivity contribution in [2.75, 3.05) is 0 Å². The molecule has 4 nitrogen and oxygen atoms in total. The molecule has 0 saturated heterocycles. The van der Waals surface area contributed by atoms with Crippen LogP contribution in [0.4, 0.5) is 0 Å². The summed E-state index contributed by atoms with van der Waals surface area (Å²) in [5.41, 5.74) is 1.22. The van der Waals surface area contributed by atoms with Gasteiger partial charge in [-0.25, -0.2) is 0 Å². The fourth-order valence-electron chi connectivity index (χ4n) is 1.96. The minimum Gasteiger partial charge on any atom is -0.484 e. The van der Waals surface area contributed by atoms with Crippen LogP contribution in [0.15, 0.2) is 35.0 Å². The molecule has 0 unspecified atom stereocenters. The van der Waals surface area contributed by atoms with Gasteiger partial charge in [0.15, 0.2) is 0 Å². The lowest BCUT2D eigenvalue weighted by Gasteiger charge is -2.02. The summed E-state index contributed by atoms with van der Waals surface area (Å²) in [5.74, 6) is 2.58. The van der Waals surface area contributed by atoms with Crippen LogP contribution in [0.5, 0.6) is 5.75 Å². The predicted molar refractivity (Wildman–Crippen MR) is 71.9 cm³/mol. The molecule has 0 aromatic carbocycles. The Balaban J connectivity index is 1.57. The normalized spacial score (nSPS) is 14.6. The molecule has 3 rings (SSSR count). The summed E-state index contributed by atoms with van der Waals surface area (Å²) >= 11 is 0. The van der Waals surface area contributed by atoms with Gasteiger partial charge in [-0.15, -0.1) is 0 Å². The Labute approximate surface area is 112 Å². The van der Waals surface area contributed by atoms with Crippen LogP contribution < -0.4 is 10.1 Å². The number of ether oxygens (including phenoxy) is 1. The SMILES string of the molecule is Cc1oc(COc2cccnc2)cc1CNC1CC1. The second-order valence-electron chi connectivity index (χ2n) is 4.93. The first kappa shape index (κ1) is 12.2. The smallest absolute Gasteiger partial charge is 0.146 e. The summed E-state index contributed by atoms with van der Waals surface area (Å²) in [4.78, 5) is 4.01. The number of furan rings is 1. The predicted octanol–water partition coefficient (Wildman–Crippen LogP) is 2.81. The average molecular weight is 258 g/mol. The Morgan fingerprint density at radius 1 is 1.47 bits per heavy atom. The zero-order valence-corrected chi connectivity index (χ0v) is 11.1. The highest BCUT2D eigenvalue weighted by molar-refractivity contribution is 5.22. The number of nitrogens with zero attached hydrogens (tertiary/aromatic N) is 1. The average Bonchev–Trinajstić information content (AvgIpc) is 3.19. The molecular formula is C15H18N2O2. The largest absolute Gasteiger partial charge is 0.484 e. The van der Waals surface area contributed by atoms with Crippen molar-refractivity contribution < 1.29 is 9.15 Å². The number of aromatic nitrogens is 1. The molecule has 1 saturated carbocycles. The van der Waals surface area contributed by atoms with Crippen molar-refractivity contribution in [2.45, 2.75) is 39.0 Å². The van der Waals surface area contributed by atoms with E-state index in [1.54, 1.807) is 12.4 Å². The molecule has 19 heavy (non-hydrogen) atoms. The number of rotatable bonds is 6. The van der Waals surface area contributed by atoms with Crippen LogP contribution in [-0.4, -0.2) is 11.0 Å². The molecule has 0 spiro atoms. The van der Waals surface area contributed by atoms with Gasteiger partial charge in [0.25, 0.3) is 0 Å². The highest BCUT2D eigenvalue weighted by atomic mass is 16.5. The van der Waals surface area contributed by atoms with Crippen LogP contribution in [0.25, 0.3) is 0 Å². The first-order valence-corrected chi connectivity index (χ1v) is 6.65. The van der Waals surface area contributed by atoms with Crippen LogP contribution in [-0.2, 0) is 13.2 Å². The first-order valence-electron chi connectivity index (χ1n) is 6.65. The summed E-state index contributed by atoms with van der Waals surface area (Å²) in [6.45, 7) is 3.32. The number of hydrogen-bond donors (Lipinski definition) is 1. The Morgan fingerprint density at radius 2 is 2.37 bits per heavy atom. The van der Waals surface area contributed by atoms with Crippen molar-refractivity contribution in [3.63, 3.8) is 0 Å². The van der Waals surface area contributed by atoms with Gasteiger partial charge in [0, 0.05) is 24.3 Å². The van der Waals surface area contributed by atoms with E-state index in [0.717, 1.165) is 23.8 Å². The lowest BCUT2D eigenvalue weighted by molar-refractivity contribution is 0.266. The Morgan fingerprint density at radius 3 is 3.11 bits per heavy atom. The van der Waals surface area contributed by atoms with Crippen LogP contribution in [0, 0.1) is 6.92 Å². The maximum Gasteiger partial charge on any atom is 0.146 e. The monoisotopic (exact) mass is 258 g/mol. The van der Waals surface area contributed by atoms with Crippen molar-refractivity contribution in [2.24, 2.45) is 0 Å². The van der Waals surface area contributed by atoms with Crippen molar-refractivity contribution >= 4 is 0 Å². The molecule has 4 heteroatoms. The van der Waals surface area contributed by atoms with Crippen LogP contribution in [0.1, 0.15) is 29.9 Å². The third-order valence-electron chi connectivity index (χ3n) is 3.25. The van der Waals surface area contributed by atoms with E-state index in [9.17, 15) is 0 Å². The molecule has 2 aromatic heterocycles. The van der Waals surface area contributed by atoms with Gasteiger partial charge >= 0.3 is 0 Å². The molecule has 0 radical (unpaired) electrons. The molecule has 1 aliphatic rings. The van der Waals surface area contributed by atoms with Crippen LogP contribution in [0.3, 0.4) is 0 Å². The summed E-state index contributed by atoms with van der Waals surface area (Å²) in [6.07, 6.45) is 6.03. The molecule has 0 atom stereocenters. The fraction of sp³-hybridized carbons (Fsp3) is 0.400. The number of pyridine rings is 1. The zero-order chi connectivity index (χ0) is 13.1. The highest BCUT2D eigenvalue weighted by Gasteiger charge is 2.20. The Kier molecular flexibility index (Phi) is 3.51. The summed E-state index contributed by atoms with van der Waals surface area (Å²) < 4.78 is 11.3. The zero-order valence-electron chi connectivity index (χ0n) is 11.1. The topological polar surface area (TPSA) is 47.3 Å². The molecule has 0 amide bonds. The Hall–Kier alpha value is -1.81. The van der Waals surface area contributed by atoms with E-state index >= 15 is 0 Å². The van der Waals surface area contributed by atoms with Gasteiger partial charge in [-0.05, 0) is 38.0 Å². The van der Waals surface area contributed by atoms with E-state index in [1.807, 2.05) is 19.1 Å². The molecule has 0 aliphatic heterocycles. The van der Waals surface area contributed by atoms with Gasteiger partial charge in [-0.3, -0.25) is 4.98 Å². The fourth-order valence-corrected chi connectivity index (χ4v) is 1.96. The van der Waals surface area contributed by atoms with E-state index in [-0.39, 0.29) is 0 Å². The van der Waals surface area contributed by atoms with Crippen molar-refractivity contribution in [1.82, 2.24) is 10.3 Å². The van der Waals surface area contributed by atoms with Gasteiger partial charge in [0.1, 0.15) is 23.9 Å². The third kappa shape index (κ3) is 3.35. The number of aryl methyl sites for hydroxylation is 1. The van der Waals surface area contributed by atoms with Gasteiger partial charge in [-0.1, -0.05) is 0 Å². The van der Waals surface area contributed by atoms with Gasteiger partial charge in [0.2, 0.25) is 0 Å². The van der Waals surface area contributed by atoms with Crippen molar-refractivity contribution in [3.8, 4) is 5.75 Å². The number of hydrogen-bond acceptors (Lipinski definition) is 4. The van der Waals surface area contributed by atoms with E-state index in [4.69, 9.17) is 9.15 Å². The highest BCUT2D eigenvalue weighted by Crippen LogP contribution is 2.21. The summed E-state index contributed by atoms with van der Waals surface area (Å²) in [6, 6.07) is 6.53. The van der Waals surface area contributed by atoms with Crippen molar-refractivity contribution in [3.05, 3.63) is 47.7 Å². The third-order valence-corrected chi connectivity index (χ3v) is 3.25. The van der Waals surface area contributed by atoms with E-state index in [0.29, 0.717) is 12.6 Å². The molecule has 0 bridgehead atoms. The van der Waals surface area contributed by atoms with Gasteiger partial charge in [0.05, 0.1) is 6.20 Å². The molecular weight excluding hydrogens is 240 g/mol. The van der Waals surface area contributed by atoms with E-state index in [1.165, 1.54) is 18.4 Å². The minimum absolute atomic E-state index is 0.440. The molecule has 1 N–H and O–H groups in total. The number of nitrogens with one attached hydrogen (secondary N) is 1. The summed E-state index contributed by atoms with van der Waals surface area (Å²) in [5, 5.41) is 3.49. The van der Waals surface area contributed by atoms with Crippen molar-refractivity contribution in [1.29, 1.82) is 0 Å². The quantitative estimate of drug-likeness (QED) is 0.865. The molecule has 2 aromatic rings. The minimum atomic E-state index is 0.440.